The second-order valence-electron chi connectivity index (χ2n) is 8.27. The van der Waals surface area contributed by atoms with Gasteiger partial charge in [-0.05, 0) is 63.7 Å². The van der Waals surface area contributed by atoms with Crippen LogP contribution in [0.2, 0.25) is 0 Å². The Labute approximate surface area is 182 Å². The molecule has 4 rings (SSSR count). The van der Waals surface area contributed by atoms with Gasteiger partial charge in [0.1, 0.15) is 17.7 Å². The van der Waals surface area contributed by atoms with Crippen molar-refractivity contribution in [2.45, 2.75) is 39.2 Å². The molecule has 0 unspecified atom stereocenters. The molecule has 0 aliphatic carbocycles. The van der Waals surface area contributed by atoms with E-state index in [1.807, 2.05) is 30.0 Å². The molecule has 0 bridgehead atoms. The molecule has 3 N–H and O–H groups in total. The van der Waals surface area contributed by atoms with Crippen molar-refractivity contribution >= 4 is 28.8 Å². The highest BCUT2D eigenvalue weighted by atomic mass is 16.3. The van der Waals surface area contributed by atoms with Crippen LogP contribution in [-0.4, -0.2) is 59.0 Å². The van der Waals surface area contributed by atoms with E-state index in [0.717, 1.165) is 43.6 Å². The predicted molar refractivity (Wildman–Crippen MR) is 121 cm³/mol. The molecule has 3 heterocycles. The summed E-state index contributed by atoms with van der Waals surface area (Å²) in [5.41, 5.74) is 3.79. The Morgan fingerprint density at radius 3 is 2.84 bits per heavy atom. The fourth-order valence-corrected chi connectivity index (χ4v) is 4.32. The Morgan fingerprint density at radius 1 is 1.29 bits per heavy atom. The van der Waals surface area contributed by atoms with E-state index in [1.165, 1.54) is 6.33 Å². The number of rotatable bonds is 6. The van der Waals surface area contributed by atoms with Crippen LogP contribution in [0.1, 0.15) is 31.0 Å². The van der Waals surface area contributed by atoms with E-state index in [1.54, 1.807) is 6.92 Å². The maximum absolute atomic E-state index is 12.7. The minimum absolute atomic E-state index is 0.00337. The summed E-state index contributed by atoms with van der Waals surface area (Å²) in [4.78, 5) is 28.2. The van der Waals surface area contributed by atoms with Crippen LogP contribution in [0.25, 0.3) is 0 Å². The lowest BCUT2D eigenvalue weighted by Crippen LogP contribution is -2.38. The van der Waals surface area contributed by atoms with E-state index in [4.69, 9.17) is 0 Å². The minimum atomic E-state index is -0.173. The molecule has 2 aromatic rings. The Bertz CT molecular complexity index is 970. The Hall–Kier alpha value is -2.84. The number of nitrogens with one attached hydrogen (secondary N) is 2. The molecule has 2 aliphatic rings. The quantitative estimate of drug-likeness (QED) is 0.616. The fraction of sp³-hybridized carbons (Fsp3) is 0.478. The first-order valence-electron chi connectivity index (χ1n) is 10.9. The molecule has 164 valence electrons. The summed E-state index contributed by atoms with van der Waals surface area (Å²) in [6, 6.07) is 7.93. The summed E-state index contributed by atoms with van der Waals surface area (Å²) in [5.74, 6) is 0.942. The summed E-state index contributed by atoms with van der Waals surface area (Å²) in [5, 5.41) is 16.4. The van der Waals surface area contributed by atoms with E-state index < -0.39 is 0 Å². The van der Waals surface area contributed by atoms with Crippen molar-refractivity contribution in [2.75, 3.05) is 31.1 Å². The Morgan fingerprint density at radius 2 is 2.06 bits per heavy atom. The molecule has 1 aromatic carbocycles. The number of fused-ring (bicyclic) bond motifs is 1. The molecule has 1 fully saturated rings. The van der Waals surface area contributed by atoms with Crippen LogP contribution >= 0.6 is 0 Å². The van der Waals surface area contributed by atoms with Gasteiger partial charge in [0.25, 0.3) is 5.91 Å². The van der Waals surface area contributed by atoms with Gasteiger partial charge in [0.15, 0.2) is 5.82 Å². The number of nitrogens with zero attached hydrogens (tertiary/aromatic N) is 4. The van der Waals surface area contributed by atoms with Crippen molar-refractivity contribution in [2.24, 2.45) is 10.9 Å². The van der Waals surface area contributed by atoms with Gasteiger partial charge >= 0.3 is 0 Å². The number of anilines is 2. The highest BCUT2D eigenvalue weighted by Gasteiger charge is 2.32. The number of para-hydroxylation sites is 1. The third-order valence-electron chi connectivity index (χ3n) is 6.11. The number of carbonyl (C=O) groups is 1. The number of aliphatic imine (C=N–C) groups is 1. The number of carbonyl (C=O) groups excluding carboxylic acids is 1. The number of hydrogen-bond donors (Lipinski definition) is 3. The van der Waals surface area contributed by atoms with Crippen LogP contribution in [0.4, 0.5) is 17.2 Å². The zero-order valence-electron chi connectivity index (χ0n) is 18.1. The van der Waals surface area contributed by atoms with E-state index in [0.29, 0.717) is 35.4 Å². The third kappa shape index (κ3) is 4.60. The highest BCUT2D eigenvalue weighted by molar-refractivity contribution is 6.38. The first-order chi connectivity index (χ1) is 15.1. The normalized spacial score (nSPS) is 19.4. The van der Waals surface area contributed by atoms with Gasteiger partial charge in [0.2, 0.25) is 0 Å². The number of amides is 1. The molecule has 8 heteroatoms. The molecule has 1 amide bonds. The van der Waals surface area contributed by atoms with Crippen molar-refractivity contribution < 1.29 is 9.90 Å². The van der Waals surface area contributed by atoms with E-state index in [-0.39, 0.29) is 18.6 Å². The predicted octanol–water partition coefficient (Wildman–Crippen LogP) is 2.05. The third-order valence-corrected chi connectivity index (χ3v) is 6.11. The van der Waals surface area contributed by atoms with Crippen LogP contribution < -0.4 is 15.5 Å². The standard InChI is InChI=1S/C23H30N6O2/c1-15-21(28-16(2)23(31)25-12-17-7-9-24-10-8-17)22(27-14-26-15)29-19(13-30)11-18-5-3-4-6-20(18)29/h3-6,14,17,19,24,30H,7-13H2,1-2H3,(H,25,31)/t19-/m1/s1. The molecule has 8 nitrogen and oxygen atoms in total. The lowest BCUT2D eigenvalue weighted by Gasteiger charge is -2.26. The maximum atomic E-state index is 12.7. The maximum Gasteiger partial charge on any atom is 0.265 e. The second-order valence-corrected chi connectivity index (χ2v) is 8.27. The van der Waals surface area contributed by atoms with Gasteiger partial charge in [-0.2, -0.15) is 0 Å². The SMILES string of the molecule is CC(=Nc1c(C)ncnc1N1c2ccccc2C[C@@H]1CO)C(=O)NCC1CCNCC1. The number of aryl methyl sites for hydroxylation is 1. The molecular weight excluding hydrogens is 392 g/mol. The Kier molecular flexibility index (Phi) is 6.58. The van der Waals surface area contributed by atoms with E-state index in [2.05, 4.69) is 31.7 Å². The average molecular weight is 423 g/mol. The lowest BCUT2D eigenvalue weighted by molar-refractivity contribution is -0.115. The number of benzene rings is 1. The monoisotopic (exact) mass is 422 g/mol. The first kappa shape index (κ1) is 21.4. The van der Waals surface area contributed by atoms with Crippen molar-refractivity contribution in [1.29, 1.82) is 0 Å². The topological polar surface area (TPSA) is 103 Å². The molecule has 31 heavy (non-hydrogen) atoms. The molecule has 0 radical (unpaired) electrons. The molecule has 0 saturated carbocycles. The molecular formula is C23H30N6O2. The number of aromatic nitrogens is 2. The van der Waals surface area contributed by atoms with E-state index in [9.17, 15) is 9.90 Å². The van der Waals surface area contributed by atoms with Crippen LogP contribution in [0.3, 0.4) is 0 Å². The largest absolute Gasteiger partial charge is 0.394 e. The number of aliphatic hydroxyl groups excluding tert-OH is 1. The first-order valence-corrected chi connectivity index (χ1v) is 10.9. The molecule has 0 spiro atoms. The van der Waals surface area contributed by atoms with Crippen LogP contribution in [-0.2, 0) is 11.2 Å². The van der Waals surface area contributed by atoms with Crippen molar-refractivity contribution in [1.82, 2.24) is 20.6 Å². The molecule has 1 saturated heterocycles. The summed E-state index contributed by atoms with van der Waals surface area (Å²) in [6.07, 6.45) is 4.38. The highest BCUT2D eigenvalue weighted by Crippen LogP contribution is 2.41. The summed E-state index contributed by atoms with van der Waals surface area (Å²) in [7, 11) is 0. The lowest BCUT2D eigenvalue weighted by atomic mass is 9.98. The molecule has 2 aliphatic heterocycles. The van der Waals surface area contributed by atoms with Crippen molar-refractivity contribution in [3.05, 3.63) is 41.9 Å². The molecule has 1 aromatic heterocycles. The fourth-order valence-electron chi connectivity index (χ4n) is 4.32. The summed E-state index contributed by atoms with van der Waals surface area (Å²) >= 11 is 0. The summed E-state index contributed by atoms with van der Waals surface area (Å²) < 4.78 is 0. The Balaban J connectivity index is 1.60. The van der Waals surface area contributed by atoms with Crippen LogP contribution in [0.5, 0.6) is 0 Å². The average Bonchev–Trinajstić information content (AvgIpc) is 3.18. The van der Waals surface area contributed by atoms with E-state index >= 15 is 0 Å². The smallest absolute Gasteiger partial charge is 0.265 e. The van der Waals surface area contributed by atoms with Gasteiger partial charge in [0, 0.05) is 12.2 Å². The zero-order valence-corrected chi connectivity index (χ0v) is 18.1. The number of aliphatic hydroxyl groups is 1. The second kappa shape index (κ2) is 9.53. The van der Waals surface area contributed by atoms with Crippen LogP contribution in [0, 0.1) is 12.8 Å². The molecule has 1 atom stereocenters. The van der Waals surface area contributed by atoms with Crippen molar-refractivity contribution in [3.8, 4) is 0 Å². The summed E-state index contributed by atoms with van der Waals surface area (Å²) in [6.45, 7) is 6.24. The van der Waals surface area contributed by atoms with Crippen LogP contribution in [0.15, 0.2) is 35.6 Å². The number of piperidine rings is 1. The minimum Gasteiger partial charge on any atom is -0.394 e. The van der Waals surface area contributed by atoms with Gasteiger partial charge < -0.3 is 20.6 Å². The van der Waals surface area contributed by atoms with Gasteiger partial charge in [-0.1, -0.05) is 18.2 Å². The van der Waals surface area contributed by atoms with Crippen molar-refractivity contribution in [3.63, 3.8) is 0 Å². The van der Waals surface area contributed by atoms with Gasteiger partial charge in [-0.3, -0.25) is 4.79 Å². The number of hydrogen-bond acceptors (Lipinski definition) is 7. The van der Waals surface area contributed by atoms with Gasteiger partial charge in [-0.25, -0.2) is 15.0 Å². The van der Waals surface area contributed by atoms with Gasteiger partial charge in [0.05, 0.1) is 18.3 Å². The van der Waals surface area contributed by atoms with Gasteiger partial charge in [-0.15, -0.1) is 0 Å². The zero-order chi connectivity index (χ0) is 21.8.